The number of furan rings is 2. The molecule has 0 bridgehead atoms. The Morgan fingerprint density at radius 3 is 1.79 bits per heavy atom. The summed E-state index contributed by atoms with van der Waals surface area (Å²) >= 11 is 0. The molecule has 0 saturated heterocycles. The lowest BCUT2D eigenvalue weighted by atomic mass is 9.93. The first kappa shape index (κ1) is 36.3. The Morgan fingerprint density at radius 1 is 0.518 bits per heavy atom. The molecule has 0 atom stereocenters. The molecule has 2 aromatic heterocycles. The second kappa shape index (κ2) is 16.4. The third-order valence-corrected chi connectivity index (χ3v) is 10.4. The van der Waals surface area contributed by atoms with E-state index in [0.717, 1.165) is 79.8 Å². The fourth-order valence-corrected chi connectivity index (χ4v) is 7.56. The zero-order valence-corrected chi connectivity index (χ0v) is 32.4. The number of rotatable bonds is 9. The Labute approximate surface area is 329 Å². The first-order valence-corrected chi connectivity index (χ1v) is 19.7. The zero-order chi connectivity index (χ0) is 38.4. The first-order valence-electron chi connectivity index (χ1n) is 19.7. The van der Waals surface area contributed by atoms with Gasteiger partial charge in [-0.2, -0.15) is 0 Å². The van der Waals surface area contributed by atoms with E-state index in [1.807, 2.05) is 49.4 Å². The average Bonchev–Trinajstić information content (AvgIpc) is 3.82. The maximum Gasteiger partial charge on any atom is 0.143 e. The van der Waals surface area contributed by atoms with E-state index in [2.05, 4.69) is 154 Å². The maximum atomic E-state index is 6.33. The van der Waals surface area contributed by atoms with Crippen molar-refractivity contribution in [3.8, 4) is 22.3 Å². The molecule has 56 heavy (non-hydrogen) atoms. The van der Waals surface area contributed by atoms with Gasteiger partial charge in [0, 0.05) is 27.1 Å². The summed E-state index contributed by atoms with van der Waals surface area (Å²) in [5.41, 5.74) is 15.8. The predicted molar refractivity (Wildman–Crippen MR) is 241 cm³/mol. The highest BCUT2D eigenvalue weighted by Crippen LogP contribution is 2.37. The van der Waals surface area contributed by atoms with Gasteiger partial charge in [-0.05, 0) is 88.6 Å². The molecule has 0 spiro atoms. The number of allylic oxidation sites excluding steroid dienone is 5. The second-order valence-corrected chi connectivity index (χ2v) is 14.4. The molecule has 0 N–H and O–H groups in total. The van der Waals surface area contributed by atoms with Crippen LogP contribution in [0.5, 0.6) is 0 Å². The SMILES string of the molecule is C=C(C)c1ccccc1.CC/C=C(/C=C(\CCC)c1ccc(-c2cccc3c2oc2ccccc23)cc1)c1ccc(-c2ccc3oc4ccccc4c3c2)cc1. The van der Waals surface area contributed by atoms with Crippen molar-refractivity contribution in [3.05, 3.63) is 199 Å². The van der Waals surface area contributed by atoms with E-state index < -0.39 is 0 Å². The lowest BCUT2D eigenvalue weighted by Gasteiger charge is -2.12. The predicted octanol–water partition coefficient (Wildman–Crippen LogP) is 16.2. The number of benzene rings is 7. The van der Waals surface area contributed by atoms with E-state index in [4.69, 9.17) is 8.83 Å². The molecule has 0 aliphatic carbocycles. The molecule has 0 saturated carbocycles. The fraction of sp³-hybridized carbons (Fsp3) is 0.111. The van der Waals surface area contributed by atoms with E-state index in [9.17, 15) is 0 Å². The van der Waals surface area contributed by atoms with Gasteiger partial charge in [-0.3, -0.25) is 0 Å². The lowest BCUT2D eigenvalue weighted by molar-refractivity contribution is 0.669. The summed E-state index contributed by atoms with van der Waals surface area (Å²) in [4.78, 5) is 0. The minimum Gasteiger partial charge on any atom is -0.456 e. The molecule has 0 radical (unpaired) electrons. The standard InChI is InChI=1S/C45H36O2.C9H10/c1-3-10-34(30-18-20-32(21-19-30)36-26-27-44-41(29-36)39-13-6-7-16-42(39)46-44)28-35(11-4-2)31-22-24-33(25-23-31)37-14-9-15-40-38-12-5-8-17-43(38)47-45(37)40;1-8(2)9-6-4-3-5-7-9/h5-10,12-29H,3-4,11H2,1-2H3;3-7H,1H2,2H3/b34-10-,35-28+;. The van der Waals surface area contributed by atoms with Crippen LogP contribution in [0.3, 0.4) is 0 Å². The second-order valence-electron chi connectivity index (χ2n) is 14.4. The third-order valence-electron chi connectivity index (χ3n) is 10.4. The van der Waals surface area contributed by atoms with Crippen LogP contribution in [0, 0.1) is 0 Å². The van der Waals surface area contributed by atoms with Crippen LogP contribution in [0.2, 0.25) is 0 Å². The zero-order valence-electron chi connectivity index (χ0n) is 32.4. The van der Waals surface area contributed by atoms with Crippen molar-refractivity contribution < 1.29 is 8.83 Å². The molecule has 0 aliphatic heterocycles. The highest BCUT2D eigenvalue weighted by molar-refractivity contribution is 6.09. The minimum atomic E-state index is 0.924. The van der Waals surface area contributed by atoms with E-state index >= 15 is 0 Å². The largest absolute Gasteiger partial charge is 0.456 e. The monoisotopic (exact) mass is 726 g/mol. The molecular formula is C54H46O2. The average molecular weight is 727 g/mol. The van der Waals surface area contributed by atoms with Gasteiger partial charge in [0.2, 0.25) is 0 Å². The molecular weight excluding hydrogens is 681 g/mol. The summed E-state index contributed by atoms with van der Waals surface area (Å²) in [6.07, 6.45) is 7.79. The summed E-state index contributed by atoms with van der Waals surface area (Å²) in [5, 5.41) is 4.62. The van der Waals surface area contributed by atoms with Crippen molar-refractivity contribution >= 4 is 60.6 Å². The topological polar surface area (TPSA) is 26.3 Å². The van der Waals surface area contributed by atoms with Gasteiger partial charge in [0.15, 0.2) is 0 Å². The normalized spacial score (nSPS) is 12.0. The summed E-state index contributed by atoms with van der Waals surface area (Å²) in [7, 11) is 0. The molecule has 0 aliphatic rings. The quantitative estimate of drug-likeness (QED) is 0.138. The van der Waals surface area contributed by atoms with Crippen LogP contribution in [0.4, 0.5) is 0 Å². The van der Waals surface area contributed by atoms with Gasteiger partial charge in [-0.1, -0.05) is 184 Å². The highest BCUT2D eigenvalue weighted by Gasteiger charge is 2.13. The summed E-state index contributed by atoms with van der Waals surface area (Å²) in [6.45, 7) is 10.3. The van der Waals surface area contributed by atoms with E-state index in [1.54, 1.807) is 0 Å². The van der Waals surface area contributed by atoms with Crippen molar-refractivity contribution in [1.29, 1.82) is 0 Å². The van der Waals surface area contributed by atoms with Gasteiger partial charge >= 0.3 is 0 Å². The first-order chi connectivity index (χ1) is 27.5. The highest BCUT2D eigenvalue weighted by atomic mass is 16.3. The van der Waals surface area contributed by atoms with Gasteiger partial charge in [-0.15, -0.1) is 0 Å². The molecule has 0 fully saturated rings. The van der Waals surface area contributed by atoms with Gasteiger partial charge in [0.25, 0.3) is 0 Å². The van der Waals surface area contributed by atoms with Crippen molar-refractivity contribution in [2.24, 2.45) is 0 Å². The molecule has 2 nitrogen and oxygen atoms in total. The van der Waals surface area contributed by atoms with Crippen LogP contribution in [-0.4, -0.2) is 0 Å². The maximum absolute atomic E-state index is 6.33. The van der Waals surface area contributed by atoms with Crippen LogP contribution < -0.4 is 0 Å². The Kier molecular flexibility index (Phi) is 10.6. The summed E-state index contributed by atoms with van der Waals surface area (Å²) in [6, 6.07) is 57.6. The van der Waals surface area contributed by atoms with Crippen LogP contribution in [0.1, 0.15) is 56.7 Å². The van der Waals surface area contributed by atoms with Gasteiger partial charge in [0.05, 0.1) is 0 Å². The van der Waals surface area contributed by atoms with Crippen molar-refractivity contribution in [2.75, 3.05) is 0 Å². The van der Waals surface area contributed by atoms with Gasteiger partial charge in [-0.25, -0.2) is 0 Å². The number of fused-ring (bicyclic) bond motifs is 6. The Bertz CT molecular complexity index is 2840. The number of hydrogen-bond acceptors (Lipinski definition) is 2. The van der Waals surface area contributed by atoms with Crippen LogP contribution >= 0.6 is 0 Å². The van der Waals surface area contributed by atoms with Crippen molar-refractivity contribution in [2.45, 2.75) is 40.0 Å². The number of para-hydroxylation sites is 3. The van der Waals surface area contributed by atoms with Gasteiger partial charge in [0.1, 0.15) is 22.3 Å². The minimum absolute atomic E-state index is 0.924. The molecule has 2 heterocycles. The third kappa shape index (κ3) is 7.52. The molecule has 9 rings (SSSR count). The summed E-state index contributed by atoms with van der Waals surface area (Å²) in [5.74, 6) is 0. The summed E-state index contributed by atoms with van der Waals surface area (Å²) < 4.78 is 12.4. The molecule has 274 valence electrons. The Balaban J connectivity index is 0.000000433. The van der Waals surface area contributed by atoms with E-state index in [-0.39, 0.29) is 0 Å². The molecule has 0 unspecified atom stereocenters. The smallest absolute Gasteiger partial charge is 0.143 e. The van der Waals surface area contributed by atoms with Crippen molar-refractivity contribution in [3.63, 3.8) is 0 Å². The van der Waals surface area contributed by atoms with Crippen LogP contribution in [0.15, 0.2) is 191 Å². The molecule has 2 heteroatoms. The van der Waals surface area contributed by atoms with E-state index in [0.29, 0.717) is 0 Å². The van der Waals surface area contributed by atoms with E-state index in [1.165, 1.54) is 39.0 Å². The Hall–Kier alpha value is -6.64. The molecule has 0 amide bonds. The van der Waals surface area contributed by atoms with Gasteiger partial charge < -0.3 is 8.83 Å². The van der Waals surface area contributed by atoms with Crippen LogP contribution in [0.25, 0.3) is 82.9 Å². The molecule has 7 aromatic carbocycles. The molecule has 9 aromatic rings. The Morgan fingerprint density at radius 2 is 1.11 bits per heavy atom. The number of hydrogen-bond donors (Lipinski definition) is 0. The van der Waals surface area contributed by atoms with Crippen molar-refractivity contribution in [1.82, 2.24) is 0 Å². The lowest BCUT2D eigenvalue weighted by Crippen LogP contribution is -1.89. The fourth-order valence-electron chi connectivity index (χ4n) is 7.56. The van der Waals surface area contributed by atoms with Crippen LogP contribution in [-0.2, 0) is 0 Å².